The quantitative estimate of drug-likeness (QED) is 0.207. The molecule has 1 aromatic heterocycles. The van der Waals surface area contributed by atoms with Crippen LogP contribution in [0.3, 0.4) is 0 Å². The van der Waals surface area contributed by atoms with Crippen LogP contribution >= 0.6 is 0 Å². The average molecular weight is 654 g/mol. The lowest BCUT2D eigenvalue weighted by atomic mass is 9.74. The van der Waals surface area contributed by atoms with Crippen molar-refractivity contribution in [2.24, 2.45) is 0 Å². The van der Waals surface area contributed by atoms with Crippen molar-refractivity contribution in [2.75, 3.05) is 45.6 Å². The molecule has 0 atom stereocenters. The van der Waals surface area contributed by atoms with E-state index in [2.05, 4.69) is 21.3 Å². The van der Waals surface area contributed by atoms with Crippen LogP contribution in [0.4, 0.5) is 27.7 Å². The minimum Gasteiger partial charge on any atom is -0.465 e. The van der Waals surface area contributed by atoms with Crippen molar-refractivity contribution in [3.8, 4) is 0 Å². The molecular formula is C36H39N5O5S. The van der Waals surface area contributed by atoms with Gasteiger partial charge < -0.3 is 15.3 Å². The zero-order valence-electron chi connectivity index (χ0n) is 26.6. The highest BCUT2D eigenvalue weighted by Gasteiger charge is 2.48. The number of hydrogen-bond acceptors (Lipinski definition) is 6. The monoisotopic (exact) mass is 653 g/mol. The third-order valence-corrected chi connectivity index (χ3v) is 11.0. The van der Waals surface area contributed by atoms with Crippen molar-refractivity contribution in [3.63, 3.8) is 0 Å². The van der Waals surface area contributed by atoms with Gasteiger partial charge in [0.1, 0.15) is 5.82 Å². The van der Waals surface area contributed by atoms with E-state index >= 15 is 0 Å². The Morgan fingerprint density at radius 3 is 2.34 bits per heavy atom. The molecule has 1 fully saturated rings. The Morgan fingerprint density at radius 2 is 1.66 bits per heavy atom. The van der Waals surface area contributed by atoms with Gasteiger partial charge in [-0.25, -0.2) is 18.2 Å². The molecule has 244 valence electrons. The van der Waals surface area contributed by atoms with Gasteiger partial charge in [-0.3, -0.25) is 14.0 Å². The molecule has 0 bridgehead atoms. The number of fused-ring (bicyclic) bond motifs is 2. The lowest BCUT2D eigenvalue weighted by Gasteiger charge is -2.40. The van der Waals surface area contributed by atoms with Gasteiger partial charge >= 0.3 is 6.09 Å². The summed E-state index contributed by atoms with van der Waals surface area (Å²) < 4.78 is 29.2. The number of nitrogens with one attached hydrogen (secondary N) is 1. The summed E-state index contributed by atoms with van der Waals surface area (Å²) in [5.41, 5.74) is 3.70. The molecule has 3 aromatic carbocycles. The first kappa shape index (κ1) is 32.1. The number of amides is 2. The van der Waals surface area contributed by atoms with Crippen LogP contribution in [-0.4, -0.2) is 56.7 Å². The molecule has 0 aliphatic carbocycles. The molecule has 2 aliphatic rings. The van der Waals surface area contributed by atoms with E-state index < -0.39 is 16.1 Å². The predicted molar refractivity (Wildman–Crippen MR) is 184 cm³/mol. The standard InChI is InChI=1S/C36H39N5O5S/c1-3-4-21-40(35(43)44)32-12-8-6-10-30(32)38-34(42)27-15-18-33(37-24-27)39-22-19-36(20-23-39)25-41(31-11-7-5-9-29(31)36)47(45,46)28-16-13-26(2)14-17-28/h5-18,24H,3-4,19-23,25H2,1-2H3,(H,38,42)(H,43,44). The summed E-state index contributed by atoms with van der Waals surface area (Å²) in [6.07, 6.45) is 3.51. The number of carboxylic acid groups (broad SMARTS) is 1. The van der Waals surface area contributed by atoms with E-state index in [4.69, 9.17) is 0 Å². The number of carbonyl (C=O) groups excluding carboxylic acids is 1. The number of aromatic nitrogens is 1. The van der Waals surface area contributed by atoms with Gasteiger partial charge in [0.2, 0.25) is 0 Å². The Balaban J connectivity index is 1.14. The highest BCUT2D eigenvalue weighted by molar-refractivity contribution is 7.92. The van der Waals surface area contributed by atoms with Gasteiger partial charge in [0.05, 0.1) is 27.5 Å². The van der Waals surface area contributed by atoms with E-state index in [0.717, 1.165) is 41.9 Å². The molecule has 47 heavy (non-hydrogen) atoms. The number of para-hydroxylation sites is 3. The number of rotatable bonds is 9. The highest BCUT2D eigenvalue weighted by atomic mass is 32.2. The molecule has 0 unspecified atom stereocenters. The molecule has 6 rings (SSSR count). The summed E-state index contributed by atoms with van der Waals surface area (Å²) in [5.74, 6) is 0.358. The Hall–Kier alpha value is -4.90. The summed E-state index contributed by atoms with van der Waals surface area (Å²) in [4.78, 5) is 33.5. The third-order valence-electron chi connectivity index (χ3n) is 9.26. The number of sulfonamides is 1. The van der Waals surface area contributed by atoms with E-state index in [1.807, 2.05) is 50.2 Å². The van der Waals surface area contributed by atoms with Crippen molar-refractivity contribution < 1.29 is 23.1 Å². The number of benzene rings is 3. The molecule has 4 aromatic rings. The Morgan fingerprint density at radius 1 is 0.957 bits per heavy atom. The van der Waals surface area contributed by atoms with Crippen LogP contribution in [0.15, 0.2) is 96.0 Å². The molecule has 0 saturated carbocycles. The topological polar surface area (TPSA) is 123 Å². The lowest BCUT2D eigenvalue weighted by molar-refractivity contribution is 0.102. The SMILES string of the molecule is CCCCN(C(=O)O)c1ccccc1NC(=O)c1ccc(N2CCC3(CC2)CN(S(=O)(=O)c2ccc(C)cc2)c2ccccc23)nc1. The number of pyridine rings is 1. The summed E-state index contributed by atoms with van der Waals surface area (Å²) in [7, 11) is -3.72. The third kappa shape index (κ3) is 6.27. The summed E-state index contributed by atoms with van der Waals surface area (Å²) in [5, 5.41) is 12.6. The second-order valence-corrected chi connectivity index (χ2v) is 14.1. The second-order valence-electron chi connectivity index (χ2n) is 12.3. The Labute approximate surface area is 275 Å². The van der Waals surface area contributed by atoms with Gasteiger partial charge in [0.25, 0.3) is 15.9 Å². The number of hydrogen-bond donors (Lipinski definition) is 2. The van der Waals surface area contributed by atoms with Crippen LogP contribution in [0.1, 0.15) is 54.1 Å². The van der Waals surface area contributed by atoms with Crippen LogP contribution in [0.2, 0.25) is 0 Å². The first-order valence-corrected chi connectivity index (χ1v) is 17.4. The van der Waals surface area contributed by atoms with Crippen LogP contribution in [0.5, 0.6) is 0 Å². The smallest absolute Gasteiger partial charge is 0.411 e. The number of piperidine rings is 1. The number of anilines is 4. The van der Waals surface area contributed by atoms with E-state index in [1.165, 1.54) is 11.1 Å². The Kier molecular flexibility index (Phi) is 8.92. The van der Waals surface area contributed by atoms with Gasteiger partial charge in [0, 0.05) is 37.8 Å². The van der Waals surface area contributed by atoms with E-state index in [1.54, 1.807) is 46.8 Å². The van der Waals surface area contributed by atoms with Gasteiger partial charge in [-0.05, 0) is 74.2 Å². The zero-order valence-corrected chi connectivity index (χ0v) is 27.4. The number of carbonyl (C=O) groups is 2. The molecular weight excluding hydrogens is 614 g/mol. The number of nitrogens with zero attached hydrogens (tertiary/aromatic N) is 4. The van der Waals surface area contributed by atoms with E-state index in [-0.39, 0.29) is 11.3 Å². The minimum absolute atomic E-state index is 0.292. The zero-order chi connectivity index (χ0) is 33.2. The van der Waals surface area contributed by atoms with Crippen molar-refractivity contribution in [1.29, 1.82) is 0 Å². The molecule has 0 radical (unpaired) electrons. The maximum Gasteiger partial charge on any atom is 0.411 e. The maximum atomic E-state index is 13.8. The van der Waals surface area contributed by atoms with Crippen molar-refractivity contribution in [3.05, 3.63) is 108 Å². The first-order chi connectivity index (χ1) is 22.6. The number of aryl methyl sites for hydroxylation is 1. The van der Waals surface area contributed by atoms with Crippen molar-refractivity contribution in [1.82, 2.24) is 4.98 Å². The van der Waals surface area contributed by atoms with E-state index in [9.17, 15) is 23.1 Å². The van der Waals surface area contributed by atoms with Crippen LogP contribution in [0, 0.1) is 6.92 Å². The van der Waals surface area contributed by atoms with Crippen LogP contribution in [0.25, 0.3) is 0 Å². The van der Waals surface area contributed by atoms with Gasteiger partial charge in [-0.15, -0.1) is 0 Å². The molecule has 1 saturated heterocycles. The van der Waals surface area contributed by atoms with Gasteiger partial charge in [-0.1, -0.05) is 61.4 Å². The van der Waals surface area contributed by atoms with Crippen molar-refractivity contribution >= 4 is 44.9 Å². The summed E-state index contributed by atoms with van der Waals surface area (Å²) in [6.45, 7) is 6.02. The molecule has 1 spiro atoms. The number of unbranched alkanes of at least 4 members (excludes halogenated alkanes) is 1. The van der Waals surface area contributed by atoms with Crippen LogP contribution in [-0.2, 0) is 15.4 Å². The van der Waals surface area contributed by atoms with Crippen LogP contribution < -0.4 is 19.4 Å². The molecule has 2 aliphatic heterocycles. The van der Waals surface area contributed by atoms with Gasteiger partial charge in [-0.2, -0.15) is 0 Å². The fourth-order valence-electron chi connectivity index (χ4n) is 6.58. The van der Waals surface area contributed by atoms with Crippen molar-refractivity contribution in [2.45, 2.75) is 49.8 Å². The minimum atomic E-state index is -3.72. The maximum absolute atomic E-state index is 13.8. The summed E-state index contributed by atoms with van der Waals surface area (Å²) >= 11 is 0. The fraction of sp³-hybridized carbons (Fsp3) is 0.306. The Bertz CT molecular complexity index is 1870. The fourth-order valence-corrected chi connectivity index (χ4v) is 8.15. The second kappa shape index (κ2) is 13.1. The molecule has 2 amide bonds. The molecule has 11 heteroatoms. The molecule has 10 nitrogen and oxygen atoms in total. The first-order valence-electron chi connectivity index (χ1n) is 15.9. The average Bonchev–Trinajstić information content (AvgIpc) is 3.40. The normalized spacial score (nSPS) is 15.4. The predicted octanol–water partition coefficient (Wildman–Crippen LogP) is 6.67. The molecule has 2 N–H and O–H groups in total. The van der Waals surface area contributed by atoms with E-state index in [0.29, 0.717) is 54.4 Å². The largest absolute Gasteiger partial charge is 0.465 e. The highest BCUT2D eigenvalue weighted by Crippen LogP contribution is 2.49. The van der Waals surface area contributed by atoms with Gasteiger partial charge in [0.15, 0.2) is 0 Å². The lowest BCUT2D eigenvalue weighted by Crippen LogP contribution is -2.46. The molecule has 3 heterocycles. The summed E-state index contributed by atoms with van der Waals surface area (Å²) in [6, 6.07) is 25.2.